The first-order valence-corrected chi connectivity index (χ1v) is 10.1. The maximum atomic E-state index is 12.9. The number of esters is 1. The Morgan fingerprint density at radius 2 is 1.69 bits per heavy atom. The molecule has 1 aliphatic rings. The van der Waals surface area contributed by atoms with Gasteiger partial charge in [-0.05, 0) is 54.6 Å². The number of rotatable bonds is 4. The Hall–Kier alpha value is -3.98. The number of halogens is 1. The van der Waals surface area contributed by atoms with Crippen LogP contribution in [-0.2, 0) is 14.3 Å². The first-order chi connectivity index (χ1) is 15.4. The third-order valence-corrected chi connectivity index (χ3v) is 5.22. The SMILES string of the molecule is COC(=O)c1ccc(-c2ccc(/C=C3/C(=O)NC(=O)N(c4ccc(Br)cc4)C3=O)o2)cc1. The summed E-state index contributed by atoms with van der Waals surface area (Å²) >= 11 is 3.30. The number of hydrogen-bond acceptors (Lipinski definition) is 6. The van der Waals surface area contributed by atoms with Crippen molar-refractivity contribution in [3.8, 4) is 11.3 Å². The number of nitrogens with zero attached hydrogens (tertiary/aromatic N) is 1. The van der Waals surface area contributed by atoms with Crippen molar-refractivity contribution in [2.24, 2.45) is 0 Å². The second-order valence-electron chi connectivity index (χ2n) is 6.71. The van der Waals surface area contributed by atoms with Gasteiger partial charge in [-0.3, -0.25) is 14.9 Å². The van der Waals surface area contributed by atoms with E-state index in [1.165, 1.54) is 13.2 Å². The van der Waals surface area contributed by atoms with Crippen molar-refractivity contribution in [1.29, 1.82) is 0 Å². The van der Waals surface area contributed by atoms with Gasteiger partial charge in [-0.2, -0.15) is 0 Å². The van der Waals surface area contributed by atoms with E-state index in [0.29, 0.717) is 22.6 Å². The molecule has 3 aromatic rings. The summed E-state index contributed by atoms with van der Waals surface area (Å²) in [4.78, 5) is 49.9. The number of furan rings is 1. The number of methoxy groups -OCH3 is 1. The van der Waals surface area contributed by atoms with Crippen molar-refractivity contribution in [3.05, 3.63) is 82.0 Å². The van der Waals surface area contributed by atoms with E-state index in [1.807, 2.05) is 0 Å². The number of nitrogens with one attached hydrogen (secondary N) is 1. The Bertz CT molecular complexity index is 1260. The molecule has 1 aliphatic heterocycles. The van der Waals surface area contributed by atoms with E-state index < -0.39 is 23.8 Å². The van der Waals surface area contributed by atoms with Crippen LogP contribution in [0.1, 0.15) is 16.1 Å². The van der Waals surface area contributed by atoms with E-state index in [-0.39, 0.29) is 11.3 Å². The molecular formula is C23H15BrN2O6. The maximum Gasteiger partial charge on any atom is 0.337 e. The van der Waals surface area contributed by atoms with Gasteiger partial charge < -0.3 is 9.15 Å². The average molecular weight is 495 g/mol. The molecule has 4 rings (SSSR count). The Labute approximate surface area is 190 Å². The molecule has 8 nitrogen and oxygen atoms in total. The van der Waals surface area contributed by atoms with Crippen LogP contribution in [0.4, 0.5) is 10.5 Å². The largest absolute Gasteiger partial charge is 0.465 e. The molecule has 1 saturated heterocycles. The quantitative estimate of drug-likeness (QED) is 0.331. The third kappa shape index (κ3) is 4.10. The van der Waals surface area contributed by atoms with Crippen molar-refractivity contribution in [1.82, 2.24) is 5.32 Å². The summed E-state index contributed by atoms with van der Waals surface area (Å²) in [5.41, 5.74) is 1.16. The summed E-state index contributed by atoms with van der Waals surface area (Å²) in [7, 11) is 1.30. The van der Waals surface area contributed by atoms with E-state index in [2.05, 4.69) is 26.0 Å². The smallest absolute Gasteiger partial charge is 0.337 e. The zero-order valence-electron chi connectivity index (χ0n) is 16.6. The Kier molecular flexibility index (Phi) is 5.74. The van der Waals surface area contributed by atoms with Crippen molar-refractivity contribution in [3.63, 3.8) is 0 Å². The normalized spacial score (nSPS) is 15.1. The van der Waals surface area contributed by atoms with Gasteiger partial charge in [0, 0.05) is 10.0 Å². The van der Waals surface area contributed by atoms with Gasteiger partial charge in [-0.1, -0.05) is 28.1 Å². The zero-order chi connectivity index (χ0) is 22.8. The highest BCUT2D eigenvalue weighted by Crippen LogP contribution is 2.27. The summed E-state index contributed by atoms with van der Waals surface area (Å²) in [6.45, 7) is 0. The molecule has 1 fully saturated rings. The van der Waals surface area contributed by atoms with Crippen LogP contribution in [0.2, 0.25) is 0 Å². The lowest BCUT2D eigenvalue weighted by atomic mass is 10.1. The topological polar surface area (TPSA) is 106 Å². The molecule has 9 heteroatoms. The summed E-state index contributed by atoms with van der Waals surface area (Å²) in [6, 6.07) is 15.5. The predicted molar refractivity (Wildman–Crippen MR) is 119 cm³/mol. The molecule has 32 heavy (non-hydrogen) atoms. The van der Waals surface area contributed by atoms with E-state index in [1.54, 1.807) is 60.7 Å². The fourth-order valence-electron chi connectivity index (χ4n) is 3.10. The molecule has 0 atom stereocenters. The Morgan fingerprint density at radius 3 is 2.34 bits per heavy atom. The number of carbonyl (C=O) groups is 4. The Balaban J connectivity index is 1.61. The first kappa shape index (κ1) is 21.3. The molecule has 1 N–H and O–H groups in total. The van der Waals surface area contributed by atoms with Crippen LogP contribution >= 0.6 is 15.9 Å². The van der Waals surface area contributed by atoms with E-state index >= 15 is 0 Å². The minimum Gasteiger partial charge on any atom is -0.465 e. The van der Waals surface area contributed by atoms with E-state index in [0.717, 1.165) is 9.37 Å². The number of carbonyl (C=O) groups excluding carboxylic acids is 4. The van der Waals surface area contributed by atoms with Crippen LogP contribution in [0.15, 0.2) is 75.1 Å². The lowest BCUT2D eigenvalue weighted by Gasteiger charge is -2.26. The van der Waals surface area contributed by atoms with Gasteiger partial charge >= 0.3 is 12.0 Å². The number of barbiturate groups is 1. The maximum absolute atomic E-state index is 12.9. The lowest BCUT2D eigenvalue weighted by Crippen LogP contribution is -2.54. The van der Waals surface area contributed by atoms with Crippen LogP contribution in [0.25, 0.3) is 17.4 Å². The molecule has 0 bridgehead atoms. The fraction of sp³-hybridized carbons (Fsp3) is 0.0435. The lowest BCUT2D eigenvalue weighted by molar-refractivity contribution is -0.122. The number of benzene rings is 2. The molecule has 0 radical (unpaired) electrons. The van der Waals surface area contributed by atoms with Gasteiger partial charge in [0.2, 0.25) is 0 Å². The van der Waals surface area contributed by atoms with Crippen LogP contribution in [0.3, 0.4) is 0 Å². The summed E-state index contributed by atoms with van der Waals surface area (Å²) in [6.07, 6.45) is 1.28. The highest BCUT2D eigenvalue weighted by Gasteiger charge is 2.37. The first-order valence-electron chi connectivity index (χ1n) is 9.33. The minimum atomic E-state index is -0.828. The summed E-state index contributed by atoms with van der Waals surface area (Å²) in [5.74, 6) is -1.30. The van der Waals surface area contributed by atoms with Gasteiger partial charge in [0.15, 0.2) is 0 Å². The second-order valence-corrected chi connectivity index (χ2v) is 7.62. The fourth-order valence-corrected chi connectivity index (χ4v) is 3.36. The zero-order valence-corrected chi connectivity index (χ0v) is 18.2. The van der Waals surface area contributed by atoms with Crippen LogP contribution in [-0.4, -0.2) is 30.9 Å². The highest BCUT2D eigenvalue weighted by molar-refractivity contribution is 9.10. The van der Waals surface area contributed by atoms with Gasteiger partial charge in [0.25, 0.3) is 11.8 Å². The highest BCUT2D eigenvalue weighted by atomic mass is 79.9. The van der Waals surface area contributed by atoms with Crippen molar-refractivity contribution < 1.29 is 28.3 Å². The molecule has 4 amide bonds. The van der Waals surface area contributed by atoms with Gasteiger partial charge in [-0.25, -0.2) is 14.5 Å². The number of amides is 4. The number of hydrogen-bond donors (Lipinski definition) is 1. The van der Waals surface area contributed by atoms with E-state index in [9.17, 15) is 19.2 Å². The molecule has 0 spiro atoms. The molecule has 2 heterocycles. The van der Waals surface area contributed by atoms with Crippen LogP contribution < -0.4 is 10.2 Å². The van der Waals surface area contributed by atoms with Crippen molar-refractivity contribution in [2.45, 2.75) is 0 Å². The molecule has 0 unspecified atom stereocenters. The summed E-state index contributed by atoms with van der Waals surface area (Å²) < 4.78 is 11.2. The average Bonchev–Trinajstić information content (AvgIpc) is 3.26. The predicted octanol–water partition coefficient (Wildman–Crippen LogP) is 4.16. The van der Waals surface area contributed by atoms with Gasteiger partial charge in [0.1, 0.15) is 17.1 Å². The number of urea groups is 1. The molecular weight excluding hydrogens is 480 g/mol. The van der Waals surface area contributed by atoms with Gasteiger partial charge in [-0.15, -0.1) is 0 Å². The number of imide groups is 2. The van der Waals surface area contributed by atoms with Crippen molar-refractivity contribution in [2.75, 3.05) is 12.0 Å². The molecule has 0 aliphatic carbocycles. The third-order valence-electron chi connectivity index (χ3n) is 4.69. The second kappa shape index (κ2) is 8.64. The molecule has 1 aromatic heterocycles. The minimum absolute atomic E-state index is 0.241. The molecule has 0 saturated carbocycles. The summed E-state index contributed by atoms with van der Waals surface area (Å²) in [5, 5.41) is 2.17. The monoisotopic (exact) mass is 494 g/mol. The van der Waals surface area contributed by atoms with Gasteiger partial charge in [0.05, 0.1) is 18.4 Å². The number of anilines is 1. The van der Waals surface area contributed by atoms with E-state index in [4.69, 9.17) is 4.42 Å². The number of ether oxygens (including phenoxy) is 1. The molecule has 160 valence electrons. The van der Waals surface area contributed by atoms with Crippen molar-refractivity contribution >= 4 is 51.5 Å². The molecule has 2 aromatic carbocycles. The van der Waals surface area contributed by atoms with Crippen LogP contribution in [0, 0.1) is 0 Å². The Morgan fingerprint density at radius 1 is 1.00 bits per heavy atom. The van der Waals surface area contributed by atoms with Crippen LogP contribution in [0.5, 0.6) is 0 Å². The standard InChI is InChI=1S/C23H15BrN2O6/c1-31-22(29)14-4-2-13(3-5-14)19-11-10-17(32-19)12-18-20(27)25-23(30)26(21(18)28)16-8-6-15(24)7-9-16/h2-12H,1H3,(H,25,27,30)/b18-12-.